The maximum absolute atomic E-state index is 13.5. The number of methoxy groups -OCH3 is 1. The lowest BCUT2D eigenvalue weighted by Gasteiger charge is -2.35. The topological polar surface area (TPSA) is 56.1 Å². The molecule has 0 spiro atoms. The fourth-order valence-electron chi connectivity index (χ4n) is 3.65. The minimum absolute atomic E-state index is 0.147. The van der Waals surface area contributed by atoms with Gasteiger partial charge in [0.05, 0.1) is 19.2 Å². The lowest BCUT2D eigenvalue weighted by atomic mass is 9.96. The Balaban J connectivity index is 1.71. The van der Waals surface area contributed by atoms with Gasteiger partial charge in [-0.3, -0.25) is 4.90 Å². The number of aromatic nitrogens is 4. The van der Waals surface area contributed by atoms with Crippen molar-refractivity contribution >= 4 is 0 Å². The Hall–Kier alpha value is -2.64. The highest BCUT2D eigenvalue weighted by molar-refractivity contribution is 5.31. The summed E-state index contributed by atoms with van der Waals surface area (Å²) in [5, 5.41) is 12.3. The zero-order valence-corrected chi connectivity index (χ0v) is 15.3. The predicted molar refractivity (Wildman–Crippen MR) is 98.5 cm³/mol. The van der Waals surface area contributed by atoms with Crippen LogP contribution in [0, 0.1) is 5.82 Å². The summed E-state index contributed by atoms with van der Waals surface area (Å²) in [6.45, 7) is 2.78. The zero-order valence-electron chi connectivity index (χ0n) is 15.3. The van der Waals surface area contributed by atoms with Gasteiger partial charge in [0.2, 0.25) is 0 Å². The fraction of sp³-hybridized carbons (Fsp3) is 0.350. The molecule has 7 heteroatoms. The number of tetrazole rings is 1. The number of hydrogen-bond acceptors (Lipinski definition) is 5. The van der Waals surface area contributed by atoms with Crippen LogP contribution in [-0.2, 0) is 24.2 Å². The minimum Gasteiger partial charge on any atom is -0.383 e. The van der Waals surface area contributed by atoms with Gasteiger partial charge in [-0.25, -0.2) is 9.07 Å². The van der Waals surface area contributed by atoms with E-state index in [1.807, 2.05) is 12.1 Å². The highest BCUT2D eigenvalue weighted by atomic mass is 19.1. The molecule has 0 radical (unpaired) electrons. The predicted octanol–water partition coefficient (Wildman–Crippen LogP) is 2.61. The van der Waals surface area contributed by atoms with Crippen LogP contribution >= 0.6 is 0 Å². The summed E-state index contributed by atoms with van der Waals surface area (Å²) in [4.78, 5) is 2.35. The lowest BCUT2D eigenvalue weighted by Crippen LogP contribution is -2.36. The van der Waals surface area contributed by atoms with Crippen LogP contribution in [0.3, 0.4) is 0 Å². The first-order valence-electron chi connectivity index (χ1n) is 9.07. The number of nitrogens with zero attached hydrogens (tertiary/aromatic N) is 5. The number of fused-ring (bicyclic) bond motifs is 1. The highest BCUT2D eigenvalue weighted by Crippen LogP contribution is 2.32. The van der Waals surface area contributed by atoms with Crippen molar-refractivity contribution in [3.63, 3.8) is 0 Å². The Bertz CT molecular complexity index is 895. The van der Waals surface area contributed by atoms with Gasteiger partial charge >= 0.3 is 0 Å². The molecule has 0 amide bonds. The summed E-state index contributed by atoms with van der Waals surface area (Å²) in [6.07, 6.45) is 0.966. The van der Waals surface area contributed by atoms with Crippen LogP contribution in [-0.4, -0.2) is 45.4 Å². The second-order valence-corrected chi connectivity index (χ2v) is 6.70. The van der Waals surface area contributed by atoms with Crippen molar-refractivity contribution in [2.24, 2.45) is 0 Å². The van der Waals surface area contributed by atoms with Gasteiger partial charge in [-0.2, -0.15) is 0 Å². The molecule has 0 fully saturated rings. The van der Waals surface area contributed by atoms with E-state index in [1.165, 1.54) is 23.3 Å². The third kappa shape index (κ3) is 3.74. The van der Waals surface area contributed by atoms with Gasteiger partial charge < -0.3 is 4.74 Å². The van der Waals surface area contributed by atoms with Crippen molar-refractivity contribution in [2.75, 3.05) is 20.3 Å². The number of benzene rings is 2. The first-order chi connectivity index (χ1) is 13.3. The molecule has 0 unspecified atom stereocenters. The third-order valence-corrected chi connectivity index (χ3v) is 5.02. The molecule has 1 atom stereocenters. The van der Waals surface area contributed by atoms with E-state index in [9.17, 15) is 4.39 Å². The molecule has 4 rings (SSSR count). The second kappa shape index (κ2) is 7.94. The molecule has 2 heterocycles. The molecule has 1 aromatic heterocycles. The van der Waals surface area contributed by atoms with Gasteiger partial charge in [0, 0.05) is 20.2 Å². The van der Waals surface area contributed by atoms with Crippen LogP contribution in [0.2, 0.25) is 0 Å². The Labute approximate surface area is 157 Å². The number of halogens is 1. The summed E-state index contributed by atoms with van der Waals surface area (Å²) in [5.74, 6) is 0.499. The van der Waals surface area contributed by atoms with Crippen molar-refractivity contribution in [3.05, 3.63) is 76.9 Å². The first-order valence-corrected chi connectivity index (χ1v) is 9.07. The normalized spacial score (nSPS) is 15.5. The van der Waals surface area contributed by atoms with Crippen LogP contribution < -0.4 is 0 Å². The van der Waals surface area contributed by atoms with E-state index in [2.05, 4.69) is 44.7 Å². The van der Waals surface area contributed by atoms with Crippen LogP contribution in [0.25, 0.3) is 0 Å². The quantitative estimate of drug-likeness (QED) is 0.670. The summed E-state index contributed by atoms with van der Waals surface area (Å²) in [6, 6.07) is 15.0. The van der Waals surface area contributed by atoms with E-state index in [4.69, 9.17) is 4.74 Å². The van der Waals surface area contributed by atoms with Crippen molar-refractivity contribution in [3.8, 4) is 0 Å². The SMILES string of the molecule is COCCn1nnnc1[C@@H](c1ccc(F)cc1)N1CCc2ccccc2C1. The smallest absolute Gasteiger partial charge is 0.173 e. The molecule has 0 saturated heterocycles. The van der Waals surface area contributed by atoms with E-state index in [-0.39, 0.29) is 11.9 Å². The Morgan fingerprint density at radius 3 is 2.67 bits per heavy atom. The van der Waals surface area contributed by atoms with Gasteiger partial charge in [0.15, 0.2) is 5.82 Å². The van der Waals surface area contributed by atoms with E-state index in [0.29, 0.717) is 13.2 Å². The second-order valence-electron chi connectivity index (χ2n) is 6.70. The molecule has 0 bridgehead atoms. The summed E-state index contributed by atoms with van der Waals surface area (Å²) in [7, 11) is 1.66. The van der Waals surface area contributed by atoms with Gasteiger partial charge in [-0.15, -0.1) is 5.10 Å². The molecule has 1 aliphatic heterocycles. The van der Waals surface area contributed by atoms with Crippen LogP contribution in [0.4, 0.5) is 4.39 Å². The van der Waals surface area contributed by atoms with Gasteiger partial charge in [0.1, 0.15) is 5.82 Å². The highest BCUT2D eigenvalue weighted by Gasteiger charge is 2.30. The first kappa shape index (κ1) is 17.8. The molecule has 3 aromatic rings. The molecule has 0 aliphatic carbocycles. The van der Waals surface area contributed by atoms with E-state index >= 15 is 0 Å². The largest absolute Gasteiger partial charge is 0.383 e. The van der Waals surface area contributed by atoms with Crippen molar-refractivity contribution < 1.29 is 9.13 Å². The van der Waals surface area contributed by atoms with Gasteiger partial charge in [-0.1, -0.05) is 36.4 Å². The molecule has 6 nitrogen and oxygen atoms in total. The van der Waals surface area contributed by atoms with Gasteiger partial charge in [-0.05, 0) is 45.7 Å². The molecule has 27 heavy (non-hydrogen) atoms. The van der Waals surface area contributed by atoms with Crippen molar-refractivity contribution in [1.29, 1.82) is 0 Å². The van der Waals surface area contributed by atoms with Crippen molar-refractivity contribution in [2.45, 2.75) is 25.6 Å². The lowest BCUT2D eigenvalue weighted by molar-refractivity contribution is 0.170. The fourth-order valence-corrected chi connectivity index (χ4v) is 3.65. The monoisotopic (exact) mass is 367 g/mol. The Kier molecular flexibility index (Phi) is 5.22. The summed E-state index contributed by atoms with van der Waals surface area (Å²) < 4.78 is 20.5. The van der Waals surface area contributed by atoms with Crippen molar-refractivity contribution in [1.82, 2.24) is 25.1 Å². The van der Waals surface area contributed by atoms with Gasteiger partial charge in [0.25, 0.3) is 0 Å². The maximum atomic E-state index is 13.5. The Morgan fingerprint density at radius 2 is 1.89 bits per heavy atom. The van der Waals surface area contributed by atoms with E-state index < -0.39 is 0 Å². The van der Waals surface area contributed by atoms with Crippen LogP contribution in [0.1, 0.15) is 28.6 Å². The average molecular weight is 367 g/mol. The molecule has 2 aromatic carbocycles. The number of ether oxygens (including phenoxy) is 1. The molecule has 140 valence electrons. The summed E-state index contributed by atoms with van der Waals surface area (Å²) in [5.41, 5.74) is 3.67. The van der Waals surface area contributed by atoms with Crippen LogP contribution in [0.5, 0.6) is 0 Å². The third-order valence-electron chi connectivity index (χ3n) is 5.02. The molecule has 0 saturated carbocycles. The average Bonchev–Trinajstić information content (AvgIpc) is 3.16. The number of rotatable bonds is 6. The maximum Gasteiger partial charge on any atom is 0.173 e. The molecule has 0 N–H and O–H groups in total. The Morgan fingerprint density at radius 1 is 1.11 bits per heavy atom. The van der Waals surface area contributed by atoms with E-state index in [1.54, 1.807) is 11.8 Å². The standard InChI is InChI=1S/C20H22FN5O/c1-27-13-12-26-20(22-23-24-26)19(16-6-8-18(21)9-7-16)25-11-10-15-4-2-3-5-17(15)14-25/h2-9,19H,10-14H2,1H3/t19-/m1/s1. The van der Waals surface area contributed by atoms with Crippen LogP contribution in [0.15, 0.2) is 48.5 Å². The number of hydrogen-bond donors (Lipinski definition) is 0. The zero-order chi connectivity index (χ0) is 18.6. The summed E-state index contributed by atoms with van der Waals surface area (Å²) >= 11 is 0. The molecular weight excluding hydrogens is 345 g/mol. The molecular formula is C20H22FN5O. The minimum atomic E-state index is -0.250. The van der Waals surface area contributed by atoms with E-state index in [0.717, 1.165) is 30.9 Å². The molecule has 1 aliphatic rings.